The highest BCUT2D eigenvalue weighted by atomic mass is 35.5. The molecule has 126 valence electrons. The van der Waals surface area contributed by atoms with E-state index in [0.717, 1.165) is 47.9 Å². The van der Waals surface area contributed by atoms with Crippen LogP contribution in [0.15, 0.2) is 36.5 Å². The number of halogens is 1. The number of hydrogen-bond acceptors (Lipinski definition) is 3. The van der Waals surface area contributed by atoms with Crippen LogP contribution in [0.25, 0.3) is 0 Å². The summed E-state index contributed by atoms with van der Waals surface area (Å²) < 4.78 is 0. The molecule has 4 nitrogen and oxygen atoms in total. The molecular formula is C19H22ClN3O. The van der Waals surface area contributed by atoms with Crippen molar-refractivity contribution in [3.8, 4) is 0 Å². The summed E-state index contributed by atoms with van der Waals surface area (Å²) in [5.41, 5.74) is 3.28. The molecule has 1 aliphatic heterocycles. The number of carbonyl (C=O) groups excluding carboxylic acids is 1. The number of hydrogen-bond donors (Lipinski definition) is 1. The Labute approximate surface area is 147 Å². The second-order valence-electron chi connectivity index (χ2n) is 6.23. The Bertz CT molecular complexity index is 707. The van der Waals surface area contributed by atoms with Crippen LogP contribution in [0.2, 0.25) is 5.02 Å². The Morgan fingerprint density at radius 3 is 2.42 bits per heavy atom. The zero-order chi connectivity index (χ0) is 16.9. The molecule has 0 radical (unpaired) electrons. The van der Waals surface area contributed by atoms with Gasteiger partial charge in [0.1, 0.15) is 5.69 Å². The molecule has 0 saturated carbocycles. The molecule has 1 N–H and O–H groups in total. The van der Waals surface area contributed by atoms with Crippen LogP contribution in [-0.4, -0.2) is 28.9 Å². The number of aromatic nitrogens is 1. The number of benzene rings is 1. The van der Waals surface area contributed by atoms with E-state index in [1.807, 2.05) is 36.1 Å². The number of aryl methyl sites for hydroxylation is 1. The van der Waals surface area contributed by atoms with Gasteiger partial charge in [0.2, 0.25) is 0 Å². The molecule has 0 bridgehead atoms. The van der Waals surface area contributed by atoms with Crippen LogP contribution < -0.4 is 5.32 Å². The van der Waals surface area contributed by atoms with E-state index in [0.29, 0.717) is 5.69 Å². The van der Waals surface area contributed by atoms with Gasteiger partial charge in [-0.15, -0.1) is 0 Å². The monoisotopic (exact) mass is 343 g/mol. The molecule has 1 amide bonds. The Kier molecular flexibility index (Phi) is 5.36. The van der Waals surface area contributed by atoms with Gasteiger partial charge in [-0.25, -0.2) is 4.98 Å². The molecule has 1 fully saturated rings. The number of carbonyl (C=O) groups is 1. The molecule has 0 unspecified atom stereocenters. The maximum Gasteiger partial charge on any atom is 0.272 e. The summed E-state index contributed by atoms with van der Waals surface area (Å²) in [6.45, 7) is 3.64. The van der Waals surface area contributed by atoms with Crippen molar-refractivity contribution in [2.75, 3.05) is 18.4 Å². The van der Waals surface area contributed by atoms with E-state index in [4.69, 9.17) is 11.6 Å². The maximum absolute atomic E-state index is 12.5. The Hall–Kier alpha value is -2.07. The third kappa shape index (κ3) is 4.06. The first-order valence-electron chi connectivity index (χ1n) is 8.42. The zero-order valence-electron chi connectivity index (χ0n) is 13.9. The normalized spacial score (nSPS) is 15.0. The molecule has 2 heterocycles. The Balaban J connectivity index is 1.68. The molecule has 1 saturated heterocycles. The summed E-state index contributed by atoms with van der Waals surface area (Å²) in [5, 5.41) is 3.98. The predicted molar refractivity (Wildman–Crippen MR) is 98.1 cm³/mol. The quantitative estimate of drug-likeness (QED) is 0.870. The van der Waals surface area contributed by atoms with Crippen molar-refractivity contribution in [3.05, 3.63) is 52.8 Å². The minimum atomic E-state index is 0.0295. The van der Waals surface area contributed by atoms with Crippen LogP contribution in [0, 0.1) is 6.92 Å². The van der Waals surface area contributed by atoms with E-state index in [9.17, 15) is 4.79 Å². The lowest BCUT2D eigenvalue weighted by Gasteiger charge is -2.19. The van der Waals surface area contributed by atoms with Gasteiger partial charge >= 0.3 is 0 Å². The number of nitrogens with one attached hydrogen (secondary N) is 1. The van der Waals surface area contributed by atoms with Crippen molar-refractivity contribution in [1.82, 2.24) is 9.88 Å². The van der Waals surface area contributed by atoms with Gasteiger partial charge in [-0.1, -0.05) is 30.5 Å². The standard InChI is InChI=1S/C19H22ClN3O/c1-14-6-7-15(12-17(14)20)22-16-8-9-18(21-13-16)19(24)23-10-4-2-3-5-11-23/h6-9,12-13,22H,2-5,10-11H2,1H3. The number of pyridine rings is 1. The van der Waals surface area contributed by atoms with E-state index in [1.165, 1.54) is 12.8 Å². The first-order chi connectivity index (χ1) is 11.6. The van der Waals surface area contributed by atoms with Crippen molar-refractivity contribution in [2.24, 2.45) is 0 Å². The van der Waals surface area contributed by atoms with Gasteiger partial charge in [-0.2, -0.15) is 0 Å². The average molecular weight is 344 g/mol. The topological polar surface area (TPSA) is 45.2 Å². The molecule has 0 aliphatic carbocycles. The van der Waals surface area contributed by atoms with Gasteiger partial charge in [-0.3, -0.25) is 4.79 Å². The fourth-order valence-corrected chi connectivity index (χ4v) is 3.05. The smallest absolute Gasteiger partial charge is 0.272 e. The molecule has 3 rings (SSSR count). The van der Waals surface area contributed by atoms with Crippen LogP contribution in [0.3, 0.4) is 0 Å². The number of anilines is 2. The largest absolute Gasteiger partial charge is 0.354 e. The van der Waals surface area contributed by atoms with E-state index in [-0.39, 0.29) is 5.91 Å². The first-order valence-corrected chi connectivity index (χ1v) is 8.80. The van der Waals surface area contributed by atoms with Crippen molar-refractivity contribution in [3.63, 3.8) is 0 Å². The van der Waals surface area contributed by atoms with Gasteiger partial charge < -0.3 is 10.2 Å². The number of amides is 1. The fraction of sp³-hybridized carbons (Fsp3) is 0.368. The lowest BCUT2D eigenvalue weighted by Crippen LogP contribution is -2.32. The molecule has 1 aromatic carbocycles. The van der Waals surface area contributed by atoms with E-state index in [2.05, 4.69) is 10.3 Å². The number of likely N-dealkylation sites (tertiary alicyclic amines) is 1. The lowest BCUT2D eigenvalue weighted by molar-refractivity contribution is 0.0756. The third-order valence-electron chi connectivity index (χ3n) is 4.34. The van der Waals surface area contributed by atoms with Crippen LogP contribution in [-0.2, 0) is 0 Å². The van der Waals surface area contributed by atoms with Crippen molar-refractivity contribution in [2.45, 2.75) is 32.6 Å². The van der Waals surface area contributed by atoms with Crippen LogP contribution in [0.5, 0.6) is 0 Å². The van der Waals surface area contributed by atoms with Crippen molar-refractivity contribution >= 4 is 28.9 Å². The second kappa shape index (κ2) is 7.67. The fourth-order valence-electron chi connectivity index (χ4n) is 2.87. The van der Waals surface area contributed by atoms with Gasteiger partial charge in [-0.05, 0) is 49.6 Å². The minimum absolute atomic E-state index is 0.0295. The highest BCUT2D eigenvalue weighted by Crippen LogP contribution is 2.23. The second-order valence-corrected chi connectivity index (χ2v) is 6.63. The van der Waals surface area contributed by atoms with Crippen LogP contribution >= 0.6 is 11.6 Å². The number of nitrogens with zero attached hydrogens (tertiary/aromatic N) is 2. The first kappa shape index (κ1) is 16.8. The highest BCUT2D eigenvalue weighted by molar-refractivity contribution is 6.31. The Morgan fingerprint density at radius 2 is 1.79 bits per heavy atom. The molecule has 1 aliphatic rings. The molecular weight excluding hydrogens is 322 g/mol. The zero-order valence-corrected chi connectivity index (χ0v) is 14.6. The van der Waals surface area contributed by atoms with Crippen LogP contribution in [0.1, 0.15) is 41.7 Å². The van der Waals surface area contributed by atoms with E-state index < -0.39 is 0 Å². The van der Waals surface area contributed by atoms with E-state index >= 15 is 0 Å². The summed E-state index contributed by atoms with van der Waals surface area (Å²) in [4.78, 5) is 18.8. The molecule has 24 heavy (non-hydrogen) atoms. The molecule has 2 aromatic rings. The summed E-state index contributed by atoms with van der Waals surface area (Å²) in [6.07, 6.45) is 6.27. The maximum atomic E-state index is 12.5. The number of rotatable bonds is 3. The van der Waals surface area contributed by atoms with Gasteiger partial charge in [0.05, 0.1) is 11.9 Å². The summed E-state index contributed by atoms with van der Waals surface area (Å²) >= 11 is 6.14. The predicted octanol–water partition coefficient (Wildman–Crippen LogP) is 4.80. The summed E-state index contributed by atoms with van der Waals surface area (Å²) in [7, 11) is 0. The molecule has 0 atom stereocenters. The van der Waals surface area contributed by atoms with E-state index in [1.54, 1.807) is 12.3 Å². The average Bonchev–Trinajstić information content (AvgIpc) is 2.88. The SMILES string of the molecule is Cc1ccc(Nc2ccc(C(=O)N3CCCCCC3)nc2)cc1Cl. The highest BCUT2D eigenvalue weighted by Gasteiger charge is 2.18. The molecule has 1 aromatic heterocycles. The lowest BCUT2D eigenvalue weighted by atomic mass is 10.2. The minimum Gasteiger partial charge on any atom is -0.354 e. The summed E-state index contributed by atoms with van der Waals surface area (Å²) in [5.74, 6) is 0.0295. The third-order valence-corrected chi connectivity index (χ3v) is 4.74. The summed E-state index contributed by atoms with van der Waals surface area (Å²) in [6, 6.07) is 9.48. The molecule has 5 heteroatoms. The van der Waals surface area contributed by atoms with Crippen molar-refractivity contribution in [1.29, 1.82) is 0 Å². The van der Waals surface area contributed by atoms with Gasteiger partial charge in [0, 0.05) is 23.8 Å². The Morgan fingerprint density at radius 1 is 1.08 bits per heavy atom. The van der Waals surface area contributed by atoms with Crippen molar-refractivity contribution < 1.29 is 4.79 Å². The van der Waals surface area contributed by atoms with Gasteiger partial charge in [0.25, 0.3) is 5.91 Å². The molecule has 0 spiro atoms. The van der Waals surface area contributed by atoms with Gasteiger partial charge in [0.15, 0.2) is 0 Å². The van der Waals surface area contributed by atoms with Crippen LogP contribution in [0.4, 0.5) is 11.4 Å².